The third kappa shape index (κ3) is 4.99. The first-order chi connectivity index (χ1) is 13.4. The molecule has 0 saturated carbocycles. The van der Waals surface area contributed by atoms with Crippen LogP contribution in [0, 0.1) is 0 Å². The zero-order chi connectivity index (χ0) is 20.1. The van der Waals surface area contributed by atoms with Crippen LogP contribution >= 0.6 is 27.5 Å². The Morgan fingerprint density at radius 1 is 1.11 bits per heavy atom. The van der Waals surface area contributed by atoms with Gasteiger partial charge in [-0.05, 0) is 40.2 Å². The van der Waals surface area contributed by atoms with Crippen molar-refractivity contribution in [2.45, 2.75) is 4.90 Å². The summed E-state index contributed by atoms with van der Waals surface area (Å²) < 4.78 is 39.2. The fourth-order valence-electron chi connectivity index (χ4n) is 3.07. The van der Waals surface area contributed by atoms with E-state index in [1.54, 1.807) is 6.07 Å². The van der Waals surface area contributed by atoms with Crippen molar-refractivity contribution in [3.05, 3.63) is 52.0 Å². The molecule has 0 atom stereocenters. The van der Waals surface area contributed by atoms with Gasteiger partial charge >= 0.3 is 0 Å². The van der Waals surface area contributed by atoms with E-state index < -0.39 is 10.0 Å². The van der Waals surface area contributed by atoms with Crippen molar-refractivity contribution in [3.63, 3.8) is 0 Å². The van der Waals surface area contributed by atoms with Crippen LogP contribution in [0.15, 0.2) is 51.8 Å². The molecule has 152 valence electrons. The van der Waals surface area contributed by atoms with E-state index in [-0.39, 0.29) is 10.6 Å². The minimum Gasteiger partial charge on any atom is -0.494 e. The van der Waals surface area contributed by atoms with Crippen molar-refractivity contribution >= 4 is 37.6 Å². The molecule has 0 aromatic heterocycles. The lowest BCUT2D eigenvalue weighted by atomic mass is 10.3. The number of benzene rings is 2. The number of methoxy groups -OCH3 is 1. The van der Waals surface area contributed by atoms with Crippen LogP contribution < -0.4 is 9.47 Å². The highest BCUT2D eigenvalue weighted by Crippen LogP contribution is 2.37. The second-order valence-corrected chi connectivity index (χ2v) is 9.52. The van der Waals surface area contributed by atoms with Gasteiger partial charge in [0, 0.05) is 37.7 Å². The Balaban J connectivity index is 1.60. The molecule has 0 amide bonds. The predicted molar refractivity (Wildman–Crippen MR) is 113 cm³/mol. The van der Waals surface area contributed by atoms with Crippen LogP contribution in [0.5, 0.6) is 11.5 Å². The Kier molecular flexibility index (Phi) is 7.22. The van der Waals surface area contributed by atoms with Crippen molar-refractivity contribution in [2.24, 2.45) is 0 Å². The van der Waals surface area contributed by atoms with E-state index in [2.05, 4.69) is 20.8 Å². The van der Waals surface area contributed by atoms with E-state index in [1.807, 2.05) is 30.3 Å². The molecule has 0 radical (unpaired) electrons. The Bertz CT molecular complexity index is 904. The van der Waals surface area contributed by atoms with Gasteiger partial charge in [0.05, 0.1) is 11.6 Å². The van der Waals surface area contributed by atoms with Crippen LogP contribution in [0.2, 0.25) is 5.02 Å². The summed E-state index contributed by atoms with van der Waals surface area (Å²) in [4.78, 5) is 2.27. The molecule has 2 aromatic rings. The molecule has 1 fully saturated rings. The third-order valence-electron chi connectivity index (χ3n) is 4.55. The Morgan fingerprint density at radius 3 is 2.43 bits per heavy atom. The highest BCUT2D eigenvalue weighted by Gasteiger charge is 2.32. The average molecular weight is 490 g/mol. The van der Waals surface area contributed by atoms with Gasteiger partial charge in [0.2, 0.25) is 10.0 Å². The lowest BCUT2D eigenvalue weighted by Gasteiger charge is -2.34. The Morgan fingerprint density at radius 2 is 1.79 bits per heavy atom. The van der Waals surface area contributed by atoms with Gasteiger partial charge in [-0.2, -0.15) is 4.31 Å². The molecule has 1 saturated heterocycles. The maximum atomic E-state index is 13.1. The summed E-state index contributed by atoms with van der Waals surface area (Å²) in [6, 6.07) is 12.7. The summed E-state index contributed by atoms with van der Waals surface area (Å²) in [5.74, 6) is 1.10. The summed E-state index contributed by atoms with van der Waals surface area (Å²) in [5.41, 5.74) is 0. The van der Waals surface area contributed by atoms with Crippen LogP contribution in [0.3, 0.4) is 0 Å². The summed E-state index contributed by atoms with van der Waals surface area (Å²) in [6.07, 6.45) is 0. The van der Waals surface area contributed by atoms with E-state index in [9.17, 15) is 8.42 Å². The molecular formula is C19H22BrClN2O4S. The van der Waals surface area contributed by atoms with Crippen molar-refractivity contribution < 1.29 is 17.9 Å². The molecule has 1 heterocycles. The highest BCUT2D eigenvalue weighted by molar-refractivity contribution is 9.10. The molecule has 9 heteroatoms. The monoisotopic (exact) mass is 488 g/mol. The van der Waals surface area contributed by atoms with E-state index in [1.165, 1.54) is 17.5 Å². The fourth-order valence-corrected chi connectivity index (χ4v) is 5.86. The molecule has 1 aliphatic heterocycles. The van der Waals surface area contributed by atoms with Gasteiger partial charge in [0.1, 0.15) is 17.3 Å². The second kappa shape index (κ2) is 9.45. The van der Waals surface area contributed by atoms with Crippen LogP contribution in [-0.2, 0) is 10.0 Å². The molecule has 28 heavy (non-hydrogen) atoms. The number of halogens is 2. The number of hydrogen-bond acceptors (Lipinski definition) is 5. The summed E-state index contributed by atoms with van der Waals surface area (Å²) in [7, 11) is -2.26. The van der Waals surface area contributed by atoms with Crippen LogP contribution in [0.1, 0.15) is 0 Å². The number of para-hydroxylation sites is 1. The van der Waals surface area contributed by atoms with Gasteiger partial charge in [-0.1, -0.05) is 29.8 Å². The summed E-state index contributed by atoms with van der Waals surface area (Å²) in [6.45, 7) is 3.39. The van der Waals surface area contributed by atoms with Gasteiger partial charge in [0.15, 0.2) is 5.75 Å². The first kappa shape index (κ1) is 21.4. The van der Waals surface area contributed by atoms with E-state index >= 15 is 0 Å². The second-order valence-electron chi connectivity index (χ2n) is 6.33. The standard InChI is InChI=1S/C19H22BrClN2O4S/c1-26-19-17(20)13-15(21)14-18(19)28(24,25)23-9-7-22(8-10-23)11-12-27-16-5-3-2-4-6-16/h2-6,13-14H,7-12H2,1H3. The van der Waals surface area contributed by atoms with Gasteiger partial charge in [-0.25, -0.2) is 8.42 Å². The van der Waals surface area contributed by atoms with E-state index in [0.717, 1.165) is 12.3 Å². The SMILES string of the molecule is COc1c(Br)cc(Cl)cc1S(=O)(=O)N1CCN(CCOc2ccccc2)CC1. The number of hydrogen-bond donors (Lipinski definition) is 0. The number of rotatable bonds is 7. The quantitative estimate of drug-likeness (QED) is 0.596. The van der Waals surface area contributed by atoms with Crippen molar-refractivity contribution in [3.8, 4) is 11.5 Å². The van der Waals surface area contributed by atoms with E-state index in [0.29, 0.717) is 42.3 Å². The molecule has 0 unspecified atom stereocenters. The smallest absolute Gasteiger partial charge is 0.246 e. The maximum absolute atomic E-state index is 13.1. The average Bonchev–Trinajstić information content (AvgIpc) is 2.69. The lowest BCUT2D eigenvalue weighted by Crippen LogP contribution is -2.49. The zero-order valence-electron chi connectivity index (χ0n) is 15.5. The van der Waals surface area contributed by atoms with Crippen molar-refractivity contribution in [2.75, 3.05) is 46.4 Å². The molecule has 3 rings (SSSR count). The summed E-state index contributed by atoms with van der Waals surface area (Å²) >= 11 is 9.38. The van der Waals surface area contributed by atoms with Gasteiger partial charge in [-0.15, -0.1) is 0 Å². The van der Waals surface area contributed by atoms with Crippen molar-refractivity contribution in [1.82, 2.24) is 9.21 Å². The largest absolute Gasteiger partial charge is 0.494 e. The lowest BCUT2D eigenvalue weighted by molar-refractivity contribution is 0.158. The van der Waals surface area contributed by atoms with Gasteiger partial charge < -0.3 is 9.47 Å². The Hall–Kier alpha value is -1.32. The number of ether oxygens (including phenoxy) is 2. The van der Waals surface area contributed by atoms with E-state index in [4.69, 9.17) is 21.1 Å². The molecular weight excluding hydrogens is 468 g/mol. The molecule has 0 bridgehead atoms. The summed E-state index contributed by atoms with van der Waals surface area (Å²) in [5, 5.41) is 0.336. The molecule has 0 N–H and O–H groups in total. The minimum absolute atomic E-state index is 0.0789. The van der Waals surface area contributed by atoms with Crippen LogP contribution in [-0.4, -0.2) is 64.1 Å². The number of sulfonamides is 1. The Labute approximate surface area is 179 Å². The first-order valence-corrected chi connectivity index (χ1v) is 11.5. The van der Waals surface area contributed by atoms with Crippen LogP contribution in [0.4, 0.5) is 0 Å². The van der Waals surface area contributed by atoms with Crippen molar-refractivity contribution in [1.29, 1.82) is 0 Å². The number of piperazine rings is 1. The molecule has 1 aliphatic rings. The van der Waals surface area contributed by atoms with Gasteiger partial charge in [-0.3, -0.25) is 4.90 Å². The fraction of sp³-hybridized carbons (Fsp3) is 0.368. The zero-order valence-corrected chi connectivity index (χ0v) is 18.6. The normalized spacial score (nSPS) is 16.1. The van der Waals surface area contributed by atoms with Crippen LogP contribution in [0.25, 0.3) is 0 Å². The number of nitrogens with zero attached hydrogens (tertiary/aromatic N) is 2. The molecule has 2 aromatic carbocycles. The molecule has 6 nitrogen and oxygen atoms in total. The molecule has 0 aliphatic carbocycles. The molecule has 0 spiro atoms. The van der Waals surface area contributed by atoms with Gasteiger partial charge in [0.25, 0.3) is 0 Å². The maximum Gasteiger partial charge on any atom is 0.246 e. The topological polar surface area (TPSA) is 59.1 Å². The third-order valence-corrected chi connectivity index (χ3v) is 7.26. The highest BCUT2D eigenvalue weighted by atomic mass is 79.9. The first-order valence-electron chi connectivity index (χ1n) is 8.85. The predicted octanol–water partition coefficient (Wildman–Crippen LogP) is 3.50. The minimum atomic E-state index is -3.70.